The third kappa shape index (κ3) is 7.53. The van der Waals surface area contributed by atoms with E-state index < -0.39 is 23.8 Å². The predicted octanol–water partition coefficient (Wildman–Crippen LogP) is 5.30. The van der Waals surface area contributed by atoms with E-state index in [0.29, 0.717) is 91.2 Å². The van der Waals surface area contributed by atoms with E-state index in [9.17, 15) is 14.4 Å². The second kappa shape index (κ2) is 16.1. The maximum absolute atomic E-state index is 16.1. The number of carbonyl (C=O) groups is 3. The Balaban J connectivity index is 0.836. The van der Waals surface area contributed by atoms with Gasteiger partial charge in [0.15, 0.2) is 0 Å². The number of imide groups is 1. The van der Waals surface area contributed by atoms with Crippen LogP contribution in [0.1, 0.15) is 71.9 Å². The topological polar surface area (TPSA) is 156 Å². The first-order valence-corrected chi connectivity index (χ1v) is 21.8. The fourth-order valence-corrected chi connectivity index (χ4v) is 10.4. The fourth-order valence-electron chi connectivity index (χ4n) is 10.4. The number of pyridine rings is 2. The molecule has 1 unspecified atom stereocenters. The number of nitrogens with one attached hydrogen (secondary N) is 2. The number of fused-ring (bicyclic) bond motifs is 9. The standard InChI is InChI=1S/C45H51F2N11O4/c1-25-16-29-18-36(49-25)32-21-48-54(3)44(32)62-24-28-5-4-27(17-28)22-58-39-19-30(6-8-35(39)51-45(58)53-42(29)60)55-12-14-56(15-13-55)37-10-11-57(23-34(37)47)38-20-33(46)41(50-26(38)2)31-7-9-40(59)52-43(31)61/h6,8,16,18-21,27-28,31,34,37H,4-5,7,9-15,17,22-24H2,1-3H3,(H,51,53,60)(H,52,59,61)/t27-,28+,31?,34+,37-/m1/s1. The Labute approximate surface area is 357 Å². The number of amides is 3. The molecule has 1 saturated carbocycles. The number of alkyl halides is 1. The molecule has 324 valence electrons. The molecule has 8 heterocycles. The fraction of sp³-hybridized carbons (Fsp3) is 0.489. The van der Waals surface area contributed by atoms with Crippen molar-refractivity contribution in [2.24, 2.45) is 18.9 Å². The van der Waals surface area contributed by atoms with E-state index in [1.54, 1.807) is 29.9 Å². The number of piperazine rings is 1. The Morgan fingerprint density at radius 1 is 0.855 bits per heavy atom. The van der Waals surface area contributed by atoms with Gasteiger partial charge in [-0.2, -0.15) is 5.10 Å². The van der Waals surface area contributed by atoms with Gasteiger partial charge in [-0.25, -0.2) is 18.4 Å². The number of nitrogens with zero attached hydrogens (tertiary/aromatic N) is 9. The minimum atomic E-state index is -1.15. The lowest BCUT2D eigenvalue weighted by molar-refractivity contribution is -0.134. The van der Waals surface area contributed by atoms with Crippen LogP contribution in [0.5, 0.6) is 5.88 Å². The van der Waals surface area contributed by atoms with Crippen molar-refractivity contribution in [2.75, 3.05) is 61.0 Å². The van der Waals surface area contributed by atoms with Gasteiger partial charge in [0, 0.05) is 81.8 Å². The van der Waals surface area contributed by atoms with Gasteiger partial charge >= 0.3 is 0 Å². The molecule has 62 heavy (non-hydrogen) atoms. The number of aryl methyl sites for hydroxylation is 3. The lowest BCUT2D eigenvalue weighted by Crippen LogP contribution is -2.58. The van der Waals surface area contributed by atoms with Gasteiger partial charge in [0.2, 0.25) is 23.6 Å². The smallest absolute Gasteiger partial charge is 0.258 e. The molecule has 4 aliphatic heterocycles. The van der Waals surface area contributed by atoms with E-state index in [1.807, 2.05) is 24.9 Å². The van der Waals surface area contributed by atoms with Crippen LogP contribution in [0.2, 0.25) is 0 Å². The normalized spacial score (nSPS) is 24.8. The number of benzene rings is 1. The minimum Gasteiger partial charge on any atom is -0.477 e. The Morgan fingerprint density at radius 2 is 1.68 bits per heavy atom. The summed E-state index contributed by atoms with van der Waals surface area (Å²) in [6.45, 7) is 8.40. The molecule has 2 N–H and O–H groups in total. The molecule has 4 fully saturated rings. The van der Waals surface area contributed by atoms with Crippen molar-refractivity contribution in [3.63, 3.8) is 0 Å². The summed E-state index contributed by atoms with van der Waals surface area (Å²) in [4.78, 5) is 58.6. The summed E-state index contributed by atoms with van der Waals surface area (Å²) in [6, 6.07) is 10.9. The first-order valence-electron chi connectivity index (χ1n) is 21.8. The maximum atomic E-state index is 16.1. The quantitative estimate of drug-likeness (QED) is 0.227. The van der Waals surface area contributed by atoms with Crippen molar-refractivity contribution in [3.05, 3.63) is 71.1 Å². The van der Waals surface area contributed by atoms with Crippen molar-refractivity contribution in [2.45, 2.75) is 77.0 Å². The molecular weight excluding hydrogens is 797 g/mol. The molecule has 5 atom stereocenters. The summed E-state index contributed by atoms with van der Waals surface area (Å²) < 4.78 is 41.8. The van der Waals surface area contributed by atoms with Crippen LogP contribution >= 0.6 is 0 Å². The van der Waals surface area contributed by atoms with Gasteiger partial charge in [-0.15, -0.1) is 0 Å². The number of piperidine rings is 2. The van der Waals surface area contributed by atoms with Gasteiger partial charge in [0.25, 0.3) is 5.91 Å². The summed E-state index contributed by atoms with van der Waals surface area (Å²) in [6.07, 6.45) is 4.59. The molecule has 1 aromatic carbocycles. The summed E-state index contributed by atoms with van der Waals surface area (Å²) in [5, 5.41) is 9.88. The number of hydrogen-bond donors (Lipinski definition) is 2. The molecule has 5 aliphatic rings. The van der Waals surface area contributed by atoms with Crippen molar-refractivity contribution in [1.82, 2.24) is 39.5 Å². The lowest BCUT2D eigenvalue weighted by atomic mass is 9.93. The molecule has 10 rings (SSSR count). The van der Waals surface area contributed by atoms with Crippen LogP contribution in [0, 0.1) is 31.5 Å². The average Bonchev–Trinajstić information content (AvgIpc) is 3.96. The van der Waals surface area contributed by atoms with Crippen molar-refractivity contribution >= 4 is 46.1 Å². The van der Waals surface area contributed by atoms with Crippen LogP contribution in [-0.4, -0.2) is 110 Å². The van der Waals surface area contributed by atoms with E-state index in [-0.39, 0.29) is 42.9 Å². The summed E-state index contributed by atoms with van der Waals surface area (Å²) >= 11 is 0. The third-order valence-corrected chi connectivity index (χ3v) is 13.6. The zero-order valence-electron chi connectivity index (χ0n) is 35.2. The number of anilines is 3. The summed E-state index contributed by atoms with van der Waals surface area (Å²) in [5.74, 6) is -0.705. The van der Waals surface area contributed by atoms with Crippen molar-refractivity contribution < 1.29 is 27.9 Å². The van der Waals surface area contributed by atoms with Gasteiger partial charge in [0.05, 0.1) is 64.6 Å². The average molecular weight is 848 g/mol. The zero-order chi connectivity index (χ0) is 42.8. The first kappa shape index (κ1) is 40.1. The number of halogens is 2. The Hall–Kier alpha value is -5.97. The Bertz CT molecular complexity index is 2590. The molecule has 1 aliphatic carbocycles. The predicted molar refractivity (Wildman–Crippen MR) is 229 cm³/mol. The second-order valence-electron chi connectivity index (χ2n) is 17.7. The molecule has 4 bridgehead atoms. The SMILES string of the molecule is Cc1cc2cc(n1)-c1cnn(C)c1OC[C@H]1CC[C@H](C1)Cn1c(nc3ccc(N4CCN([C@@H]5CCN(c6cc(F)c(C7CCC(=O)NC7=O)nc6C)C[C@@H]5F)CC4)cc31)NC2=O. The molecular formula is C45H51F2N11O4. The second-order valence-corrected chi connectivity index (χ2v) is 17.7. The van der Waals surface area contributed by atoms with Crippen LogP contribution in [0.3, 0.4) is 0 Å². The highest BCUT2D eigenvalue weighted by Crippen LogP contribution is 2.38. The van der Waals surface area contributed by atoms with Crippen LogP contribution in [-0.2, 0) is 23.2 Å². The molecule has 3 saturated heterocycles. The van der Waals surface area contributed by atoms with Gasteiger partial charge in [-0.05, 0) is 88.1 Å². The summed E-state index contributed by atoms with van der Waals surface area (Å²) in [7, 11) is 1.86. The number of aromatic nitrogens is 6. The zero-order valence-corrected chi connectivity index (χ0v) is 35.2. The van der Waals surface area contributed by atoms with Gasteiger partial charge in [0.1, 0.15) is 12.0 Å². The maximum Gasteiger partial charge on any atom is 0.258 e. The molecule has 0 radical (unpaired) electrons. The van der Waals surface area contributed by atoms with Crippen molar-refractivity contribution in [1.29, 1.82) is 0 Å². The van der Waals surface area contributed by atoms with Crippen LogP contribution in [0.25, 0.3) is 22.3 Å². The lowest BCUT2D eigenvalue weighted by Gasteiger charge is -2.45. The van der Waals surface area contributed by atoms with Gasteiger partial charge in [-0.1, -0.05) is 0 Å². The molecule has 0 spiro atoms. The number of rotatable bonds is 4. The highest BCUT2D eigenvalue weighted by Gasteiger charge is 2.37. The van der Waals surface area contributed by atoms with E-state index in [1.165, 1.54) is 6.07 Å². The van der Waals surface area contributed by atoms with E-state index in [2.05, 4.69) is 47.2 Å². The largest absolute Gasteiger partial charge is 0.477 e. The summed E-state index contributed by atoms with van der Waals surface area (Å²) in [5.41, 5.74) is 6.45. The van der Waals surface area contributed by atoms with Crippen LogP contribution < -0.4 is 25.2 Å². The monoisotopic (exact) mass is 847 g/mol. The first-order chi connectivity index (χ1) is 29.9. The number of ether oxygens (including phenoxy) is 1. The van der Waals surface area contributed by atoms with Crippen molar-refractivity contribution in [3.8, 4) is 17.1 Å². The molecule has 3 amide bonds. The highest BCUT2D eigenvalue weighted by molar-refractivity contribution is 6.05. The van der Waals surface area contributed by atoms with E-state index in [4.69, 9.17) is 14.7 Å². The van der Waals surface area contributed by atoms with Gasteiger partial charge < -0.3 is 19.1 Å². The number of imidazole rings is 1. The number of carbonyl (C=O) groups excluding carboxylic acids is 3. The Kier molecular flexibility index (Phi) is 10.4. The molecule has 15 nitrogen and oxygen atoms in total. The molecule has 17 heteroatoms. The highest BCUT2D eigenvalue weighted by atomic mass is 19.1. The van der Waals surface area contributed by atoms with Crippen LogP contribution in [0.4, 0.5) is 26.1 Å². The Morgan fingerprint density at radius 3 is 2.48 bits per heavy atom. The van der Waals surface area contributed by atoms with E-state index >= 15 is 8.78 Å². The van der Waals surface area contributed by atoms with Crippen LogP contribution in [0.15, 0.2) is 42.6 Å². The van der Waals surface area contributed by atoms with Gasteiger partial charge in [-0.3, -0.25) is 39.9 Å². The third-order valence-electron chi connectivity index (χ3n) is 13.6. The minimum absolute atomic E-state index is 0.0277. The molecule has 4 aromatic heterocycles. The number of hydrogen-bond acceptors (Lipinski definition) is 11. The molecule has 5 aromatic rings. The van der Waals surface area contributed by atoms with E-state index in [0.717, 1.165) is 54.6 Å².